The zero-order chi connectivity index (χ0) is 21.3. The second-order valence-electron chi connectivity index (χ2n) is 7.24. The minimum absolute atomic E-state index is 0.186. The summed E-state index contributed by atoms with van der Waals surface area (Å²) in [5.41, 5.74) is 1.72. The van der Waals surface area contributed by atoms with E-state index in [-0.39, 0.29) is 10.8 Å². The molecule has 1 amide bonds. The van der Waals surface area contributed by atoms with Crippen LogP contribution in [0.25, 0.3) is 11.0 Å². The monoisotopic (exact) mass is 490 g/mol. The average Bonchev–Trinajstić information content (AvgIpc) is 3.11. The van der Waals surface area contributed by atoms with Gasteiger partial charge in [0, 0.05) is 17.6 Å². The van der Waals surface area contributed by atoms with Crippen molar-refractivity contribution in [3.05, 3.63) is 53.0 Å². The number of nitrogens with one attached hydrogen (secondary N) is 1. The van der Waals surface area contributed by atoms with Gasteiger partial charge in [-0.05, 0) is 56.2 Å². The molecule has 0 bridgehead atoms. The van der Waals surface area contributed by atoms with Crippen LogP contribution in [0, 0.1) is 0 Å². The van der Waals surface area contributed by atoms with E-state index in [1.54, 1.807) is 24.3 Å². The molecule has 2 aromatic carbocycles. The number of carbonyl (C=O) groups excluding carboxylic acids is 1. The first-order chi connectivity index (χ1) is 14.4. The molecule has 1 unspecified atom stereocenters. The number of para-hydroxylation sites is 2. The Morgan fingerprint density at radius 2 is 1.90 bits per heavy atom. The SMILES string of the molecule is CCn1c(NC(=O)C2CCCCN2S(=O)(=O)c2ccc(Br)cc2)nc2ccccc21. The molecule has 1 saturated heterocycles. The van der Waals surface area contributed by atoms with Crippen LogP contribution in [0.5, 0.6) is 0 Å². The van der Waals surface area contributed by atoms with Crippen molar-refractivity contribution >= 4 is 48.8 Å². The fourth-order valence-corrected chi connectivity index (χ4v) is 5.80. The number of nitrogens with zero attached hydrogens (tertiary/aromatic N) is 3. The van der Waals surface area contributed by atoms with Crippen LogP contribution in [-0.4, -0.2) is 40.8 Å². The van der Waals surface area contributed by atoms with Crippen LogP contribution in [-0.2, 0) is 21.4 Å². The van der Waals surface area contributed by atoms with Crippen molar-refractivity contribution in [2.24, 2.45) is 0 Å². The minimum Gasteiger partial charge on any atom is -0.310 e. The number of rotatable bonds is 5. The highest BCUT2D eigenvalue weighted by Gasteiger charge is 2.38. The van der Waals surface area contributed by atoms with E-state index in [0.29, 0.717) is 25.5 Å². The number of carbonyl (C=O) groups is 1. The highest BCUT2D eigenvalue weighted by molar-refractivity contribution is 9.10. The molecule has 0 aliphatic carbocycles. The summed E-state index contributed by atoms with van der Waals surface area (Å²) in [5, 5.41) is 2.88. The van der Waals surface area contributed by atoms with E-state index in [9.17, 15) is 13.2 Å². The van der Waals surface area contributed by atoms with Crippen molar-refractivity contribution in [3.8, 4) is 0 Å². The number of piperidine rings is 1. The predicted molar refractivity (Wildman–Crippen MR) is 120 cm³/mol. The molecule has 1 aromatic heterocycles. The second kappa shape index (κ2) is 8.49. The molecular formula is C21H23BrN4O3S. The first-order valence-electron chi connectivity index (χ1n) is 9.95. The molecule has 1 fully saturated rings. The van der Waals surface area contributed by atoms with Gasteiger partial charge in [0.25, 0.3) is 0 Å². The zero-order valence-electron chi connectivity index (χ0n) is 16.6. The number of anilines is 1. The number of hydrogen-bond donors (Lipinski definition) is 1. The maximum Gasteiger partial charge on any atom is 0.245 e. The van der Waals surface area contributed by atoms with E-state index in [0.717, 1.165) is 28.3 Å². The number of imidazole rings is 1. The molecule has 7 nitrogen and oxygen atoms in total. The third kappa shape index (κ3) is 3.89. The van der Waals surface area contributed by atoms with E-state index < -0.39 is 16.1 Å². The molecule has 0 radical (unpaired) electrons. The normalized spacial score (nSPS) is 17.9. The van der Waals surface area contributed by atoms with Gasteiger partial charge >= 0.3 is 0 Å². The van der Waals surface area contributed by atoms with Crippen LogP contribution in [0.4, 0.5) is 5.95 Å². The number of halogens is 1. The Morgan fingerprint density at radius 1 is 1.17 bits per heavy atom. The van der Waals surface area contributed by atoms with Crippen LogP contribution < -0.4 is 5.32 Å². The molecular weight excluding hydrogens is 468 g/mol. The van der Waals surface area contributed by atoms with E-state index in [4.69, 9.17) is 0 Å². The standard InChI is InChI=1S/C21H23BrN4O3S/c1-2-25-18-8-4-3-7-17(18)23-21(25)24-20(27)19-9-5-6-14-26(19)30(28,29)16-12-10-15(22)11-13-16/h3-4,7-8,10-13,19H,2,5-6,9,14H2,1H3,(H,23,24,27). The molecule has 30 heavy (non-hydrogen) atoms. The number of hydrogen-bond acceptors (Lipinski definition) is 4. The third-order valence-electron chi connectivity index (χ3n) is 5.38. The first-order valence-corrected chi connectivity index (χ1v) is 12.2. The van der Waals surface area contributed by atoms with Gasteiger partial charge in [0.05, 0.1) is 15.9 Å². The predicted octanol–water partition coefficient (Wildman–Crippen LogP) is 4.00. The fraction of sp³-hybridized carbons (Fsp3) is 0.333. The Bertz CT molecular complexity index is 1170. The lowest BCUT2D eigenvalue weighted by molar-refractivity contribution is -0.120. The van der Waals surface area contributed by atoms with E-state index in [1.165, 1.54) is 4.31 Å². The molecule has 1 aliphatic rings. The molecule has 1 N–H and O–H groups in total. The summed E-state index contributed by atoms with van der Waals surface area (Å²) >= 11 is 3.33. The van der Waals surface area contributed by atoms with Gasteiger partial charge < -0.3 is 4.57 Å². The molecule has 4 rings (SSSR count). The fourth-order valence-electron chi connectivity index (χ4n) is 3.88. The van der Waals surface area contributed by atoms with Gasteiger partial charge in [-0.2, -0.15) is 4.31 Å². The highest BCUT2D eigenvalue weighted by atomic mass is 79.9. The van der Waals surface area contributed by atoms with Crippen molar-refractivity contribution in [2.45, 2.75) is 43.7 Å². The number of aromatic nitrogens is 2. The molecule has 9 heteroatoms. The molecule has 0 saturated carbocycles. The quantitative estimate of drug-likeness (QED) is 0.585. The van der Waals surface area contributed by atoms with Crippen molar-refractivity contribution in [2.75, 3.05) is 11.9 Å². The Hall–Kier alpha value is -2.23. The lowest BCUT2D eigenvalue weighted by atomic mass is 10.0. The van der Waals surface area contributed by atoms with Gasteiger partial charge in [-0.3, -0.25) is 10.1 Å². The Kier molecular flexibility index (Phi) is 5.95. The topological polar surface area (TPSA) is 84.3 Å². The zero-order valence-corrected chi connectivity index (χ0v) is 19.0. The number of sulfonamides is 1. The third-order valence-corrected chi connectivity index (χ3v) is 7.83. The minimum atomic E-state index is -3.78. The van der Waals surface area contributed by atoms with Crippen molar-refractivity contribution in [1.82, 2.24) is 13.9 Å². The molecule has 158 valence electrons. The maximum absolute atomic E-state index is 13.2. The molecule has 2 heterocycles. The summed E-state index contributed by atoms with van der Waals surface area (Å²) in [5.74, 6) is 0.0932. The summed E-state index contributed by atoms with van der Waals surface area (Å²) in [6, 6.07) is 13.4. The molecule has 1 atom stereocenters. The van der Waals surface area contributed by atoms with E-state index in [2.05, 4.69) is 26.2 Å². The van der Waals surface area contributed by atoms with Crippen molar-refractivity contribution in [3.63, 3.8) is 0 Å². The van der Waals surface area contributed by atoms with Crippen LogP contribution in [0.3, 0.4) is 0 Å². The van der Waals surface area contributed by atoms with Crippen LogP contribution in [0.1, 0.15) is 26.2 Å². The summed E-state index contributed by atoms with van der Waals surface area (Å²) in [6.07, 6.45) is 2.01. The number of benzene rings is 2. The Labute approximate surface area is 184 Å². The smallest absolute Gasteiger partial charge is 0.245 e. The summed E-state index contributed by atoms with van der Waals surface area (Å²) < 4.78 is 30.5. The van der Waals surface area contributed by atoms with Gasteiger partial charge in [-0.1, -0.05) is 34.5 Å². The lowest BCUT2D eigenvalue weighted by Gasteiger charge is -2.33. The van der Waals surface area contributed by atoms with Gasteiger partial charge in [0.1, 0.15) is 6.04 Å². The molecule has 1 aliphatic heterocycles. The Balaban J connectivity index is 1.63. The van der Waals surface area contributed by atoms with Crippen LogP contribution in [0.15, 0.2) is 57.9 Å². The average molecular weight is 491 g/mol. The number of amides is 1. The first kappa shape index (κ1) is 21.0. The summed E-state index contributed by atoms with van der Waals surface area (Å²) in [6.45, 7) is 2.94. The highest BCUT2D eigenvalue weighted by Crippen LogP contribution is 2.28. The van der Waals surface area contributed by atoms with Crippen LogP contribution in [0.2, 0.25) is 0 Å². The largest absolute Gasteiger partial charge is 0.310 e. The van der Waals surface area contributed by atoms with Crippen molar-refractivity contribution in [1.29, 1.82) is 0 Å². The maximum atomic E-state index is 13.2. The summed E-state index contributed by atoms with van der Waals surface area (Å²) in [4.78, 5) is 17.9. The summed E-state index contributed by atoms with van der Waals surface area (Å²) in [7, 11) is -3.78. The van der Waals surface area contributed by atoms with Gasteiger partial charge in [-0.15, -0.1) is 0 Å². The Morgan fingerprint density at radius 3 is 2.63 bits per heavy atom. The van der Waals surface area contributed by atoms with Gasteiger partial charge in [0.15, 0.2) is 0 Å². The van der Waals surface area contributed by atoms with Crippen LogP contribution >= 0.6 is 15.9 Å². The number of fused-ring (bicyclic) bond motifs is 1. The second-order valence-corrected chi connectivity index (χ2v) is 10.0. The molecule has 3 aromatic rings. The number of aryl methyl sites for hydroxylation is 1. The molecule has 0 spiro atoms. The lowest BCUT2D eigenvalue weighted by Crippen LogP contribution is -2.50. The van der Waals surface area contributed by atoms with Gasteiger partial charge in [0.2, 0.25) is 21.9 Å². The van der Waals surface area contributed by atoms with E-state index >= 15 is 0 Å². The van der Waals surface area contributed by atoms with Gasteiger partial charge in [-0.25, -0.2) is 13.4 Å². The van der Waals surface area contributed by atoms with E-state index in [1.807, 2.05) is 35.8 Å². The van der Waals surface area contributed by atoms with Crippen molar-refractivity contribution < 1.29 is 13.2 Å².